The Bertz CT molecular complexity index is 661. The molecule has 1 aliphatic heterocycles. The van der Waals surface area contributed by atoms with E-state index in [1.54, 1.807) is 0 Å². The van der Waals surface area contributed by atoms with Crippen molar-refractivity contribution in [3.8, 4) is 0 Å². The Balaban J connectivity index is 1.80. The van der Waals surface area contributed by atoms with Crippen LogP contribution < -0.4 is 5.32 Å². The molecule has 0 aromatic heterocycles. The van der Waals surface area contributed by atoms with E-state index in [0.29, 0.717) is 6.04 Å². The smallest absolute Gasteiger partial charge is 0.0681 e. The molecular weight excluding hydrogens is 314 g/mol. The predicted octanol–water partition coefficient (Wildman–Crippen LogP) is 4.72. The Morgan fingerprint density at radius 3 is 3.00 bits per heavy atom. The van der Waals surface area contributed by atoms with Gasteiger partial charge in [0.15, 0.2) is 0 Å². The lowest BCUT2D eigenvalue weighted by molar-refractivity contribution is 0.281. The molecule has 1 aliphatic rings. The number of hydrogen-bond donors (Lipinski definition) is 2. The standard InChI is InChI=1S/C18H20ClNOS/c1-12(14-4-2-3-13(9-14)11-21)20-17-7-8-22-18-6-5-15(19)10-16(17)18/h2-6,9-10,12,17,20-21H,7-8,11H2,1H3. The molecule has 0 spiro atoms. The van der Waals surface area contributed by atoms with E-state index in [1.807, 2.05) is 30.0 Å². The largest absolute Gasteiger partial charge is 0.392 e. The van der Waals surface area contributed by atoms with Gasteiger partial charge in [0.25, 0.3) is 0 Å². The van der Waals surface area contributed by atoms with Gasteiger partial charge < -0.3 is 10.4 Å². The summed E-state index contributed by atoms with van der Waals surface area (Å²) in [4.78, 5) is 1.32. The first-order valence-electron chi connectivity index (χ1n) is 7.55. The van der Waals surface area contributed by atoms with E-state index in [2.05, 4.69) is 36.5 Å². The topological polar surface area (TPSA) is 32.3 Å². The Hall–Kier alpha value is -1.00. The molecule has 1 heterocycles. The normalized spacial score (nSPS) is 18.8. The zero-order valence-electron chi connectivity index (χ0n) is 12.6. The molecule has 2 aromatic carbocycles. The molecule has 116 valence electrons. The van der Waals surface area contributed by atoms with Gasteiger partial charge in [-0.3, -0.25) is 0 Å². The van der Waals surface area contributed by atoms with Crippen molar-refractivity contribution in [3.05, 3.63) is 64.2 Å². The third-order valence-electron chi connectivity index (χ3n) is 4.10. The predicted molar refractivity (Wildman–Crippen MR) is 93.4 cm³/mol. The lowest BCUT2D eigenvalue weighted by Crippen LogP contribution is -2.27. The molecule has 0 bridgehead atoms. The highest BCUT2D eigenvalue weighted by Crippen LogP contribution is 2.38. The van der Waals surface area contributed by atoms with E-state index in [0.717, 1.165) is 22.8 Å². The first-order valence-corrected chi connectivity index (χ1v) is 8.91. The van der Waals surface area contributed by atoms with Gasteiger partial charge in [0.05, 0.1) is 6.61 Å². The van der Waals surface area contributed by atoms with Gasteiger partial charge in [0.1, 0.15) is 0 Å². The van der Waals surface area contributed by atoms with E-state index in [-0.39, 0.29) is 12.6 Å². The molecule has 2 atom stereocenters. The van der Waals surface area contributed by atoms with Gasteiger partial charge in [-0.05, 0) is 54.0 Å². The van der Waals surface area contributed by atoms with Crippen molar-refractivity contribution in [2.75, 3.05) is 5.75 Å². The lowest BCUT2D eigenvalue weighted by Gasteiger charge is -2.29. The van der Waals surface area contributed by atoms with Crippen molar-refractivity contribution in [3.63, 3.8) is 0 Å². The van der Waals surface area contributed by atoms with Gasteiger partial charge in [-0.2, -0.15) is 0 Å². The fourth-order valence-electron chi connectivity index (χ4n) is 2.90. The second kappa shape index (κ2) is 7.05. The molecule has 2 N–H and O–H groups in total. The van der Waals surface area contributed by atoms with Gasteiger partial charge in [0.2, 0.25) is 0 Å². The average Bonchev–Trinajstić information content (AvgIpc) is 2.55. The van der Waals surface area contributed by atoms with Gasteiger partial charge in [-0.1, -0.05) is 35.9 Å². The molecule has 2 nitrogen and oxygen atoms in total. The van der Waals surface area contributed by atoms with Crippen LogP contribution in [0.25, 0.3) is 0 Å². The molecule has 0 radical (unpaired) electrons. The van der Waals surface area contributed by atoms with E-state index in [4.69, 9.17) is 11.6 Å². The van der Waals surface area contributed by atoms with Crippen LogP contribution in [-0.2, 0) is 6.61 Å². The van der Waals surface area contributed by atoms with Crippen LogP contribution in [0, 0.1) is 0 Å². The lowest BCUT2D eigenvalue weighted by atomic mass is 10.00. The SMILES string of the molecule is CC(NC1CCSc2ccc(Cl)cc21)c1cccc(CO)c1. The second-order valence-electron chi connectivity index (χ2n) is 5.66. The van der Waals surface area contributed by atoms with E-state index in [1.165, 1.54) is 16.0 Å². The number of hydrogen-bond acceptors (Lipinski definition) is 3. The molecule has 0 saturated heterocycles. The van der Waals surface area contributed by atoms with Gasteiger partial charge >= 0.3 is 0 Å². The highest BCUT2D eigenvalue weighted by Gasteiger charge is 2.22. The molecule has 2 unspecified atom stereocenters. The molecule has 4 heteroatoms. The number of fused-ring (bicyclic) bond motifs is 1. The summed E-state index contributed by atoms with van der Waals surface area (Å²) in [6, 6.07) is 14.8. The number of benzene rings is 2. The highest BCUT2D eigenvalue weighted by atomic mass is 35.5. The van der Waals surface area contributed by atoms with Crippen LogP contribution in [0.15, 0.2) is 47.4 Å². The fraction of sp³-hybridized carbons (Fsp3) is 0.333. The Morgan fingerprint density at radius 1 is 1.32 bits per heavy atom. The number of aliphatic hydroxyl groups is 1. The van der Waals surface area contributed by atoms with Crippen molar-refractivity contribution in [1.82, 2.24) is 5.32 Å². The molecule has 0 amide bonds. The van der Waals surface area contributed by atoms with Gasteiger partial charge in [-0.15, -0.1) is 11.8 Å². The zero-order chi connectivity index (χ0) is 15.5. The number of nitrogens with one attached hydrogen (secondary N) is 1. The van der Waals surface area contributed by atoms with Crippen LogP contribution >= 0.6 is 23.4 Å². The summed E-state index contributed by atoms with van der Waals surface area (Å²) in [6.07, 6.45) is 1.10. The van der Waals surface area contributed by atoms with Crippen LogP contribution in [0.5, 0.6) is 0 Å². The molecule has 0 aliphatic carbocycles. The Labute approximate surface area is 140 Å². The van der Waals surface area contributed by atoms with E-state index in [9.17, 15) is 5.11 Å². The molecule has 3 rings (SSSR count). The zero-order valence-corrected chi connectivity index (χ0v) is 14.1. The first kappa shape index (κ1) is 15.9. The summed E-state index contributed by atoms with van der Waals surface area (Å²) in [5, 5.41) is 13.8. The monoisotopic (exact) mass is 333 g/mol. The maximum absolute atomic E-state index is 9.29. The van der Waals surface area contributed by atoms with Gasteiger partial charge in [-0.25, -0.2) is 0 Å². The van der Waals surface area contributed by atoms with Crippen molar-refractivity contribution in [1.29, 1.82) is 0 Å². The maximum Gasteiger partial charge on any atom is 0.0681 e. The maximum atomic E-state index is 9.29. The summed E-state index contributed by atoms with van der Waals surface area (Å²) in [6.45, 7) is 2.25. The molecule has 2 aromatic rings. The fourth-order valence-corrected chi connectivity index (χ4v) is 4.18. The van der Waals surface area contributed by atoms with E-state index < -0.39 is 0 Å². The van der Waals surface area contributed by atoms with Crippen LogP contribution in [-0.4, -0.2) is 10.9 Å². The van der Waals surface area contributed by atoms with Crippen molar-refractivity contribution in [2.45, 2.75) is 36.9 Å². The third kappa shape index (κ3) is 3.49. The first-order chi connectivity index (χ1) is 10.7. The summed E-state index contributed by atoms with van der Waals surface area (Å²) >= 11 is 8.07. The molecule has 0 fully saturated rings. The highest BCUT2D eigenvalue weighted by molar-refractivity contribution is 7.99. The van der Waals surface area contributed by atoms with Crippen LogP contribution in [0.2, 0.25) is 5.02 Å². The summed E-state index contributed by atoms with van der Waals surface area (Å²) in [5.41, 5.74) is 3.45. The van der Waals surface area contributed by atoms with Crippen molar-refractivity contribution >= 4 is 23.4 Å². The molecular formula is C18H20ClNOS. The number of aliphatic hydroxyl groups excluding tert-OH is 1. The second-order valence-corrected chi connectivity index (χ2v) is 7.24. The average molecular weight is 334 g/mol. The molecule has 0 saturated carbocycles. The summed E-state index contributed by atoms with van der Waals surface area (Å²) in [5.74, 6) is 1.12. The minimum absolute atomic E-state index is 0.0824. The minimum atomic E-state index is 0.0824. The third-order valence-corrected chi connectivity index (χ3v) is 5.45. The Morgan fingerprint density at radius 2 is 2.18 bits per heavy atom. The number of rotatable bonds is 4. The Kier molecular flexibility index (Phi) is 5.09. The van der Waals surface area contributed by atoms with Crippen LogP contribution in [0.1, 0.15) is 42.1 Å². The summed E-state index contributed by atoms with van der Waals surface area (Å²) in [7, 11) is 0. The van der Waals surface area contributed by atoms with Crippen LogP contribution in [0.3, 0.4) is 0 Å². The molecule has 22 heavy (non-hydrogen) atoms. The minimum Gasteiger partial charge on any atom is -0.392 e. The quantitative estimate of drug-likeness (QED) is 0.849. The van der Waals surface area contributed by atoms with E-state index >= 15 is 0 Å². The summed E-state index contributed by atoms with van der Waals surface area (Å²) < 4.78 is 0. The van der Waals surface area contributed by atoms with Crippen molar-refractivity contribution in [2.24, 2.45) is 0 Å². The van der Waals surface area contributed by atoms with Crippen molar-refractivity contribution < 1.29 is 5.11 Å². The number of thioether (sulfide) groups is 1. The van der Waals surface area contributed by atoms with Gasteiger partial charge in [0, 0.05) is 22.0 Å². The van der Waals surface area contributed by atoms with Crippen LogP contribution in [0.4, 0.5) is 0 Å². The number of halogens is 1.